The number of ether oxygens (including phenoxy) is 2. The van der Waals surface area contributed by atoms with Crippen LogP contribution in [0, 0.1) is 13.8 Å². The van der Waals surface area contributed by atoms with Crippen LogP contribution in [-0.4, -0.2) is 25.2 Å². The molecule has 4 nitrogen and oxygen atoms in total. The number of carbonyl (C=O) groups is 1. The molecular weight excluding hydrogens is 314 g/mol. The van der Waals surface area contributed by atoms with Crippen LogP contribution in [0.4, 0.5) is 0 Å². The van der Waals surface area contributed by atoms with Gasteiger partial charge in [-0.1, -0.05) is 36.8 Å². The van der Waals surface area contributed by atoms with E-state index in [-0.39, 0.29) is 5.91 Å². The minimum Gasteiger partial charge on any atom is -0.492 e. The third-order valence-corrected chi connectivity index (χ3v) is 4.01. The van der Waals surface area contributed by atoms with Gasteiger partial charge in [-0.2, -0.15) is 0 Å². The molecule has 4 heteroatoms. The largest absolute Gasteiger partial charge is 0.492 e. The molecule has 0 aliphatic rings. The molecule has 0 aliphatic carbocycles. The number of benzene rings is 2. The standard InChI is InChI=1S/C21H27NO3/c1-5-18-7-9-19(10-8-18)24-13-12-22-21(23)17(4)25-20-11-6-15(2)14-16(20)3/h6-11,14,17H,5,12-13H2,1-4H3,(H,22,23)/t17-/m0/s1. The Morgan fingerprint density at radius 1 is 1.12 bits per heavy atom. The fourth-order valence-corrected chi connectivity index (χ4v) is 2.48. The normalized spacial score (nSPS) is 11.7. The lowest BCUT2D eigenvalue weighted by Crippen LogP contribution is -2.38. The molecule has 0 unspecified atom stereocenters. The van der Waals surface area contributed by atoms with Crippen molar-refractivity contribution >= 4 is 5.91 Å². The molecule has 0 aromatic heterocycles. The van der Waals surface area contributed by atoms with Crippen LogP contribution in [0.25, 0.3) is 0 Å². The molecule has 0 radical (unpaired) electrons. The summed E-state index contributed by atoms with van der Waals surface area (Å²) in [4.78, 5) is 12.1. The Kier molecular flexibility index (Phi) is 6.87. The summed E-state index contributed by atoms with van der Waals surface area (Å²) < 4.78 is 11.4. The average molecular weight is 341 g/mol. The van der Waals surface area contributed by atoms with Crippen LogP contribution in [0.5, 0.6) is 11.5 Å². The minimum absolute atomic E-state index is 0.148. The van der Waals surface area contributed by atoms with E-state index in [1.54, 1.807) is 6.92 Å². The highest BCUT2D eigenvalue weighted by atomic mass is 16.5. The summed E-state index contributed by atoms with van der Waals surface area (Å²) in [6, 6.07) is 13.9. The molecule has 0 spiro atoms. The quantitative estimate of drug-likeness (QED) is 0.742. The maximum atomic E-state index is 12.1. The molecule has 1 amide bonds. The predicted octanol–water partition coefficient (Wildman–Crippen LogP) is 3.83. The highest BCUT2D eigenvalue weighted by molar-refractivity contribution is 5.80. The fraction of sp³-hybridized carbons (Fsp3) is 0.381. The lowest BCUT2D eigenvalue weighted by Gasteiger charge is -2.16. The number of amides is 1. The molecule has 0 saturated heterocycles. The van der Waals surface area contributed by atoms with Gasteiger partial charge >= 0.3 is 0 Å². The maximum Gasteiger partial charge on any atom is 0.260 e. The molecule has 1 atom stereocenters. The van der Waals surface area contributed by atoms with Crippen molar-refractivity contribution in [2.24, 2.45) is 0 Å². The van der Waals surface area contributed by atoms with Crippen LogP contribution in [0.1, 0.15) is 30.5 Å². The number of hydrogen-bond acceptors (Lipinski definition) is 3. The summed E-state index contributed by atoms with van der Waals surface area (Å²) in [5.41, 5.74) is 3.47. The first-order valence-corrected chi connectivity index (χ1v) is 8.73. The summed E-state index contributed by atoms with van der Waals surface area (Å²) in [6.07, 6.45) is 0.458. The Morgan fingerprint density at radius 2 is 1.84 bits per heavy atom. The summed E-state index contributed by atoms with van der Waals surface area (Å²) in [5, 5.41) is 2.84. The highest BCUT2D eigenvalue weighted by Gasteiger charge is 2.15. The van der Waals surface area contributed by atoms with E-state index in [0.29, 0.717) is 13.2 Å². The Morgan fingerprint density at radius 3 is 2.48 bits per heavy atom. The highest BCUT2D eigenvalue weighted by Crippen LogP contribution is 2.20. The van der Waals surface area contributed by atoms with E-state index in [0.717, 1.165) is 23.5 Å². The Bertz CT molecular complexity index is 695. The van der Waals surface area contributed by atoms with E-state index in [2.05, 4.69) is 12.2 Å². The molecular formula is C21H27NO3. The number of nitrogens with one attached hydrogen (secondary N) is 1. The van der Waals surface area contributed by atoms with Crippen molar-refractivity contribution in [2.45, 2.75) is 40.2 Å². The van der Waals surface area contributed by atoms with E-state index in [4.69, 9.17) is 9.47 Å². The van der Waals surface area contributed by atoms with Crippen LogP contribution in [0.2, 0.25) is 0 Å². The van der Waals surface area contributed by atoms with Gasteiger partial charge in [-0.25, -0.2) is 0 Å². The van der Waals surface area contributed by atoms with Crippen LogP contribution < -0.4 is 14.8 Å². The van der Waals surface area contributed by atoms with E-state index >= 15 is 0 Å². The average Bonchev–Trinajstić information content (AvgIpc) is 2.61. The van der Waals surface area contributed by atoms with E-state index in [1.807, 2.05) is 56.3 Å². The number of hydrogen-bond donors (Lipinski definition) is 1. The van der Waals surface area contributed by atoms with Gasteiger partial charge in [0, 0.05) is 0 Å². The summed E-state index contributed by atoms with van der Waals surface area (Å²) in [7, 11) is 0. The Labute approximate surface area is 150 Å². The predicted molar refractivity (Wildman–Crippen MR) is 100 cm³/mol. The molecule has 1 N–H and O–H groups in total. The monoisotopic (exact) mass is 341 g/mol. The van der Waals surface area contributed by atoms with E-state index < -0.39 is 6.10 Å². The van der Waals surface area contributed by atoms with Gasteiger partial charge in [0.15, 0.2) is 6.10 Å². The Hall–Kier alpha value is -2.49. The number of rotatable bonds is 8. The molecule has 0 bridgehead atoms. The first-order valence-electron chi connectivity index (χ1n) is 8.73. The van der Waals surface area contributed by atoms with Gasteiger partial charge in [0.25, 0.3) is 5.91 Å². The first kappa shape index (κ1) is 18.8. The van der Waals surface area contributed by atoms with Crippen LogP contribution in [0.15, 0.2) is 42.5 Å². The summed E-state index contributed by atoms with van der Waals surface area (Å²) in [5.74, 6) is 1.40. The van der Waals surface area contributed by atoms with Gasteiger partial charge in [-0.15, -0.1) is 0 Å². The van der Waals surface area contributed by atoms with Gasteiger partial charge in [0.05, 0.1) is 6.54 Å². The molecule has 2 aromatic rings. The van der Waals surface area contributed by atoms with Crippen molar-refractivity contribution in [2.75, 3.05) is 13.2 Å². The SMILES string of the molecule is CCc1ccc(OCCNC(=O)[C@H](C)Oc2ccc(C)cc2C)cc1. The lowest BCUT2D eigenvalue weighted by atomic mass is 10.1. The topological polar surface area (TPSA) is 47.6 Å². The lowest BCUT2D eigenvalue weighted by molar-refractivity contribution is -0.127. The van der Waals surface area contributed by atoms with Gasteiger partial charge in [-0.05, 0) is 56.5 Å². The van der Waals surface area contributed by atoms with Crippen molar-refractivity contribution in [1.29, 1.82) is 0 Å². The molecule has 0 saturated carbocycles. The van der Waals surface area contributed by atoms with Gasteiger partial charge < -0.3 is 14.8 Å². The van der Waals surface area contributed by atoms with Gasteiger partial charge in [-0.3, -0.25) is 4.79 Å². The zero-order valence-electron chi connectivity index (χ0n) is 15.5. The van der Waals surface area contributed by atoms with Crippen LogP contribution in [-0.2, 0) is 11.2 Å². The maximum absolute atomic E-state index is 12.1. The number of carbonyl (C=O) groups excluding carboxylic acids is 1. The molecule has 0 aliphatic heterocycles. The smallest absolute Gasteiger partial charge is 0.260 e. The third-order valence-electron chi connectivity index (χ3n) is 4.01. The third kappa shape index (κ3) is 5.82. The van der Waals surface area contributed by atoms with Crippen LogP contribution in [0.3, 0.4) is 0 Å². The van der Waals surface area contributed by atoms with Crippen molar-refractivity contribution < 1.29 is 14.3 Å². The Balaban J connectivity index is 1.73. The van der Waals surface area contributed by atoms with Crippen molar-refractivity contribution in [3.05, 3.63) is 59.2 Å². The fourth-order valence-electron chi connectivity index (χ4n) is 2.48. The zero-order valence-corrected chi connectivity index (χ0v) is 15.5. The molecule has 25 heavy (non-hydrogen) atoms. The first-order chi connectivity index (χ1) is 12.0. The van der Waals surface area contributed by atoms with Crippen LogP contribution >= 0.6 is 0 Å². The molecule has 0 fully saturated rings. The van der Waals surface area contributed by atoms with Crippen molar-refractivity contribution in [1.82, 2.24) is 5.32 Å². The molecule has 2 rings (SSSR count). The van der Waals surface area contributed by atoms with Crippen molar-refractivity contribution in [3.8, 4) is 11.5 Å². The summed E-state index contributed by atoms with van der Waals surface area (Å²) in [6.45, 7) is 8.74. The van der Waals surface area contributed by atoms with E-state index in [1.165, 1.54) is 11.1 Å². The number of aryl methyl sites for hydroxylation is 3. The molecule has 0 heterocycles. The van der Waals surface area contributed by atoms with Gasteiger partial charge in [0.2, 0.25) is 0 Å². The zero-order chi connectivity index (χ0) is 18.2. The minimum atomic E-state index is -0.551. The molecule has 2 aromatic carbocycles. The molecule has 134 valence electrons. The van der Waals surface area contributed by atoms with Gasteiger partial charge in [0.1, 0.15) is 18.1 Å². The second kappa shape index (κ2) is 9.11. The van der Waals surface area contributed by atoms with E-state index in [9.17, 15) is 4.79 Å². The second-order valence-electron chi connectivity index (χ2n) is 6.17. The second-order valence-corrected chi connectivity index (χ2v) is 6.17. The van der Waals surface area contributed by atoms with Crippen molar-refractivity contribution in [3.63, 3.8) is 0 Å². The summed E-state index contributed by atoms with van der Waals surface area (Å²) >= 11 is 0.